The zero-order valence-corrected chi connectivity index (χ0v) is 14.7. The Bertz CT molecular complexity index is 762. The predicted molar refractivity (Wildman–Crippen MR) is 93.4 cm³/mol. The van der Waals surface area contributed by atoms with Crippen molar-refractivity contribution in [2.45, 2.75) is 43.7 Å². The Kier molecular flexibility index (Phi) is 4.61. The standard InChI is InChI=1S/C19H23FN4O2/c20-19(17-22-16(23-26-17)15-7-8-15)10-4-12-24(13-19)18(25)21-11-9-14-5-2-1-3-6-14/h1-3,5-6,15H,4,7-13H2,(H,21,25). The number of likely N-dealkylation sites (tertiary alicyclic amines) is 1. The molecule has 1 aliphatic heterocycles. The lowest BCUT2D eigenvalue weighted by atomic mass is 9.94. The van der Waals surface area contributed by atoms with Crippen LogP contribution in [-0.4, -0.2) is 40.7 Å². The van der Waals surface area contributed by atoms with Gasteiger partial charge in [0.1, 0.15) is 0 Å². The number of carbonyl (C=O) groups is 1. The third-order valence-electron chi connectivity index (χ3n) is 5.03. The number of alkyl halides is 1. The molecule has 4 rings (SSSR count). The summed E-state index contributed by atoms with van der Waals surface area (Å²) in [6.45, 7) is 1.01. The van der Waals surface area contributed by atoms with Crippen LogP contribution < -0.4 is 5.32 Å². The summed E-state index contributed by atoms with van der Waals surface area (Å²) < 4.78 is 20.6. The Hall–Kier alpha value is -2.44. The fourth-order valence-corrected chi connectivity index (χ4v) is 3.35. The number of benzene rings is 1. The minimum atomic E-state index is -1.75. The van der Waals surface area contributed by atoms with Crippen molar-refractivity contribution in [3.05, 3.63) is 47.6 Å². The van der Waals surface area contributed by atoms with Gasteiger partial charge in [0, 0.05) is 19.0 Å². The van der Waals surface area contributed by atoms with Gasteiger partial charge in [-0.3, -0.25) is 0 Å². The van der Waals surface area contributed by atoms with Crippen molar-refractivity contribution in [3.8, 4) is 0 Å². The Morgan fingerprint density at radius 1 is 1.35 bits per heavy atom. The smallest absolute Gasteiger partial charge is 0.317 e. The van der Waals surface area contributed by atoms with Crippen LogP contribution in [0.4, 0.5) is 9.18 Å². The van der Waals surface area contributed by atoms with E-state index in [4.69, 9.17) is 4.52 Å². The van der Waals surface area contributed by atoms with Crippen LogP contribution in [0.5, 0.6) is 0 Å². The van der Waals surface area contributed by atoms with E-state index >= 15 is 4.39 Å². The second-order valence-electron chi connectivity index (χ2n) is 7.19. The van der Waals surface area contributed by atoms with Crippen LogP contribution in [0.25, 0.3) is 0 Å². The van der Waals surface area contributed by atoms with Crippen LogP contribution in [0.2, 0.25) is 0 Å². The van der Waals surface area contributed by atoms with Crippen LogP contribution >= 0.6 is 0 Å². The molecule has 1 aliphatic carbocycles. The molecular weight excluding hydrogens is 335 g/mol. The molecule has 1 aromatic heterocycles. The van der Waals surface area contributed by atoms with Crippen LogP contribution in [0.1, 0.15) is 48.9 Å². The first-order valence-electron chi connectivity index (χ1n) is 9.24. The van der Waals surface area contributed by atoms with E-state index in [1.165, 1.54) is 4.90 Å². The van der Waals surface area contributed by atoms with Gasteiger partial charge in [0.15, 0.2) is 5.82 Å². The van der Waals surface area contributed by atoms with Gasteiger partial charge in [0.2, 0.25) is 5.67 Å². The lowest BCUT2D eigenvalue weighted by Gasteiger charge is -2.35. The highest BCUT2D eigenvalue weighted by Gasteiger charge is 2.44. The number of piperidine rings is 1. The average molecular weight is 358 g/mol. The van der Waals surface area contributed by atoms with Gasteiger partial charge in [-0.15, -0.1) is 0 Å². The van der Waals surface area contributed by atoms with E-state index in [1.54, 1.807) is 0 Å². The summed E-state index contributed by atoms with van der Waals surface area (Å²) in [7, 11) is 0. The third-order valence-corrected chi connectivity index (χ3v) is 5.03. The minimum absolute atomic E-state index is 0.0150. The zero-order valence-electron chi connectivity index (χ0n) is 14.7. The molecular formula is C19H23FN4O2. The minimum Gasteiger partial charge on any atom is -0.338 e. The highest BCUT2D eigenvalue weighted by Crippen LogP contribution is 2.40. The topological polar surface area (TPSA) is 71.3 Å². The zero-order chi connectivity index (χ0) is 18.0. The summed E-state index contributed by atoms with van der Waals surface area (Å²) in [6, 6.07) is 9.70. The van der Waals surface area contributed by atoms with E-state index in [0.717, 1.165) is 24.8 Å². The molecule has 6 nitrogen and oxygen atoms in total. The largest absolute Gasteiger partial charge is 0.338 e. The summed E-state index contributed by atoms with van der Waals surface area (Å²) in [5.74, 6) is 0.930. The van der Waals surface area contributed by atoms with Crippen molar-refractivity contribution in [1.82, 2.24) is 20.4 Å². The number of amides is 2. The quantitative estimate of drug-likeness (QED) is 0.891. The molecule has 2 aliphatic rings. The molecule has 1 saturated carbocycles. The molecule has 2 aromatic rings. The van der Waals surface area contributed by atoms with Crippen LogP contribution in [0.15, 0.2) is 34.9 Å². The second-order valence-corrected chi connectivity index (χ2v) is 7.19. The van der Waals surface area contributed by atoms with Crippen molar-refractivity contribution in [2.75, 3.05) is 19.6 Å². The molecule has 1 atom stereocenters. The van der Waals surface area contributed by atoms with Crippen molar-refractivity contribution >= 4 is 6.03 Å². The first-order valence-corrected chi connectivity index (χ1v) is 9.24. The van der Waals surface area contributed by atoms with Crippen LogP contribution in [0.3, 0.4) is 0 Å². The average Bonchev–Trinajstić information content (AvgIpc) is 3.38. The van der Waals surface area contributed by atoms with E-state index in [0.29, 0.717) is 37.7 Å². The fourth-order valence-electron chi connectivity index (χ4n) is 3.35. The van der Waals surface area contributed by atoms with Gasteiger partial charge in [0.25, 0.3) is 5.89 Å². The molecule has 7 heteroatoms. The van der Waals surface area contributed by atoms with Crippen molar-refractivity contribution in [2.24, 2.45) is 0 Å². The maximum Gasteiger partial charge on any atom is 0.317 e. The van der Waals surface area contributed by atoms with E-state index in [-0.39, 0.29) is 18.5 Å². The SMILES string of the molecule is O=C(NCCc1ccccc1)N1CCCC(F)(c2nc(C3CC3)no2)C1. The van der Waals surface area contributed by atoms with E-state index in [1.807, 2.05) is 30.3 Å². The Balaban J connectivity index is 1.33. The fraction of sp³-hybridized carbons (Fsp3) is 0.526. The number of hydrogen-bond donors (Lipinski definition) is 1. The van der Waals surface area contributed by atoms with Gasteiger partial charge in [-0.2, -0.15) is 4.98 Å². The molecule has 0 spiro atoms. The van der Waals surface area contributed by atoms with Gasteiger partial charge in [0.05, 0.1) is 6.54 Å². The maximum atomic E-state index is 15.4. The molecule has 2 amide bonds. The number of aromatic nitrogens is 2. The Morgan fingerprint density at radius 3 is 2.92 bits per heavy atom. The highest BCUT2D eigenvalue weighted by atomic mass is 19.1. The molecule has 0 radical (unpaired) electrons. The number of carbonyl (C=O) groups excluding carboxylic acids is 1. The van der Waals surface area contributed by atoms with Crippen LogP contribution in [0, 0.1) is 0 Å². The number of urea groups is 1. The van der Waals surface area contributed by atoms with Crippen molar-refractivity contribution < 1.29 is 13.7 Å². The van der Waals surface area contributed by atoms with E-state index in [9.17, 15) is 4.79 Å². The van der Waals surface area contributed by atoms with Gasteiger partial charge in [-0.25, -0.2) is 9.18 Å². The Morgan fingerprint density at radius 2 is 2.15 bits per heavy atom. The lowest BCUT2D eigenvalue weighted by molar-refractivity contribution is 0.0308. The highest BCUT2D eigenvalue weighted by molar-refractivity contribution is 5.74. The maximum absolute atomic E-state index is 15.4. The predicted octanol–water partition coefficient (Wildman–Crippen LogP) is 3.16. The molecule has 138 valence electrons. The van der Waals surface area contributed by atoms with Crippen molar-refractivity contribution in [1.29, 1.82) is 0 Å². The summed E-state index contributed by atoms with van der Waals surface area (Å²) in [6.07, 6.45) is 3.69. The van der Waals surface area contributed by atoms with Crippen LogP contribution in [-0.2, 0) is 12.1 Å². The van der Waals surface area contributed by atoms with Gasteiger partial charge in [-0.05, 0) is 37.7 Å². The molecule has 0 bridgehead atoms. The molecule has 1 saturated heterocycles. The van der Waals surface area contributed by atoms with Gasteiger partial charge < -0.3 is 14.7 Å². The van der Waals surface area contributed by atoms with E-state index < -0.39 is 5.67 Å². The monoisotopic (exact) mass is 358 g/mol. The second kappa shape index (κ2) is 7.05. The summed E-state index contributed by atoms with van der Waals surface area (Å²) in [4.78, 5) is 18.2. The number of nitrogens with one attached hydrogen (secondary N) is 1. The first-order chi connectivity index (χ1) is 12.6. The number of rotatable bonds is 5. The lowest BCUT2D eigenvalue weighted by Crippen LogP contribution is -2.50. The molecule has 1 N–H and O–H groups in total. The summed E-state index contributed by atoms with van der Waals surface area (Å²) in [5.41, 5.74) is -0.598. The summed E-state index contributed by atoms with van der Waals surface area (Å²) >= 11 is 0. The van der Waals surface area contributed by atoms with Crippen molar-refractivity contribution in [3.63, 3.8) is 0 Å². The number of hydrogen-bond acceptors (Lipinski definition) is 4. The van der Waals surface area contributed by atoms with E-state index in [2.05, 4.69) is 15.5 Å². The third kappa shape index (κ3) is 3.71. The Labute approximate surface area is 151 Å². The summed E-state index contributed by atoms with van der Waals surface area (Å²) in [5, 5.41) is 6.78. The normalized spacial score (nSPS) is 23.0. The van der Waals surface area contributed by atoms with Gasteiger partial charge in [-0.1, -0.05) is 35.5 Å². The molecule has 26 heavy (non-hydrogen) atoms. The molecule has 2 fully saturated rings. The number of halogens is 1. The van der Waals surface area contributed by atoms with Gasteiger partial charge >= 0.3 is 6.03 Å². The number of nitrogens with zero attached hydrogens (tertiary/aromatic N) is 3. The molecule has 2 heterocycles. The first kappa shape index (κ1) is 17.0. The molecule has 1 unspecified atom stereocenters. The molecule has 1 aromatic carbocycles.